The van der Waals surface area contributed by atoms with Crippen molar-refractivity contribution in [3.8, 4) is 0 Å². The molecule has 2 heterocycles. The summed E-state index contributed by atoms with van der Waals surface area (Å²) in [4.78, 5) is 17.4. The van der Waals surface area contributed by atoms with Gasteiger partial charge in [0.1, 0.15) is 6.10 Å². The maximum atomic E-state index is 12.5. The standard InChI is InChI=1S/C19H30N2O2/c22-18(17-2-1-7-23-17)20-3-5-21(6-4-20)19-11-14-8-15(12-19)10-16(9-14)13-19/h14-17H,1-13H2/t14?,15?,16?,17-,19?/m0/s1. The number of amides is 1. The minimum Gasteiger partial charge on any atom is -0.368 e. The van der Waals surface area contributed by atoms with E-state index in [0.717, 1.165) is 63.4 Å². The monoisotopic (exact) mass is 318 g/mol. The highest BCUT2D eigenvalue weighted by atomic mass is 16.5. The van der Waals surface area contributed by atoms with Crippen LogP contribution in [0.5, 0.6) is 0 Å². The van der Waals surface area contributed by atoms with Crippen molar-refractivity contribution in [3.05, 3.63) is 0 Å². The summed E-state index contributed by atoms with van der Waals surface area (Å²) in [5.41, 5.74) is 0.508. The zero-order valence-corrected chi connectivity index (χ0v) is 14.2. The molecule has 6 aliphatic rings. The van der Waals surface area contributed by atoms with Gasteiger partial charge in [0.05, 0.1) is 0 Å². The molecule has 0 aromatic carbocycles. The Balaban J connectivity index is 1.24. The number of ether oxygens (including phenoxy) is 1. The summed E-state index contributed by atoms with van der Waals surface area (Å²) < 4.78 is 5.59. The first-order valence-electron chi connectivity index (χ1n) is 9.87. The number of hydrogen-bond donors (Lipinski definition) is 0. The minimum atomic E-state index is -0.138. The lowest BCUT2D eigenvalue weighted by Gasteiger charge is -2.61. The molecular formula is C19H30N2O2. The van der Waals surface area contributed by atoms with Gasteiger partial charge in [0.15, 0.2) is 0 Å². The largest absolute Gasteiger partial charge is 0.368 e. The van der Waals surface area contributed by atoms with Gasteiger partial charge in [0, 0.05) is 38.3 Å². The van der Waals surface area contributed by atoms with Gasteiger partial charge in [-0.3, -0.25) is 9.69 Å². The van der Waals surface area contributed by atoms with E-state index in [-0.39, 0.29) is 12.0 Å². The second-order valence-corrected chi connectivity index (χ2v) is 8.96. The summed E-state index contributed by atoms with van der Waals surface area (Å²) in [6, 6.07) is 0. The van der Waals surface area contributed by atoms with Gasteiger partial charge in [-0.05, 0) is 69.1 Å². The molecule has 0 aromatic heterocycles. The highest BCUT2D eigenvalue weighted by Crippen LogP contribution is 2.57. The molecule has 0 aromatic rings. The van der Waals surface area contributed by atoms with Gasteiger partial charge in [-0.2, -0.15) is 0 Å². The van der Waals surface area contributed by atoms with Crippen LogP contribution in [0.15, 0.2) is 0 Å². The van der Waals surface area contributed by atoms with Gasteiger partial charge < -0.3 is 9.64 Å². The van der Waals surface area contributed by atoms with Crippen LogP contribution in [0.2, 0.25) is 0 Å². The molecule has 4 nitrogen and oxygen atoms in total. The molecule has 0 unspecified atom stereocenters. The number of nitrogens with zero attached hydrogens (tertiary/aromatic N) is 2. The lowest BCUT2D eigenvalue weighted by atomic mass is 9.52. The van der Waals surface area contributed by atoms with Crippen LogP contribution < -0.4 is 0 Å². The fourth-order valence-electron chi connectivity index (χ4n) is 6.83. The Labute approximate surface area is 139 Å². The Morgan fingerprint density at radius 3 is 2.04 bits per heavy atom. The molecule has 1 atom stereocenters. The molecule has 2 saturated heterocycles. The first kappa shape index (κ1) is 14.7. The van der Waals surface area contributed by atoms with E-state index in [4.69, 9.17) is 4.74 Å². The van der Waals surface area contributed by atoms with Gasteiger partial charge in [-0.1, -0.05) is 0 Å². The van der Waals surface area contributed by atoms with Crippen molar-refractivity contribution < 1.29 is 9.53 Å². The van der Waals surface area contributed by atoms with Gasteiger partial charge in [-0.25, -0.2) is 0 Å². The zero-order chi connectivity index (χ0) is 15.4. The maximum Gasteiger partial charge on any atom is 0.251 e. The van der Waals surface area contributed by atoms with E-state index in [1.165, 1.54) is 38.5 Å². The van der Waals surface area contributed by atoms with Crippen LogP contribution in [0.3, 0.4) is 0 Å². The Hall–Kier alpha value is -0.610. The van der Waals surface area contributed by atoms with E-state index in [1.807, 2.05) is 0 Å². The van der Waals surface area contributed by atoms with Crippen molar-refractivity contribution in [1.82, 2.24) is 9.80 Å². The van der Waals surface area contributed by atoms with Gasteiger partial charge >= 0.3 is 0 Å². The van der Waals surface area contributed by atoms with Crippen LogP contribution >= 0.6 is 0 Å². The summed E-state index contributed by atoms with van der Waals surface area (Å²) in [5.74, 6) is 3.28. The highest BCUT2D eigenvalue weighted by Gasteiger charge is 2.53. The molecule has 0 radical (unpaired) electrons. The molecule has 4 heteroatoms. The summed E-state index contributed by atoms with van der Waals surface area (Å²) in [6.07, 6.45) is 10.7. The highest BCUT2D eigenvalue weighted by molar-refractivity contribution is 5.81. The van der Waals surface area contributed by atoms with Crippen LogP contribution in [-0.2, 0) is 9.53 Å². The lowest BCUT2D eigenvalue weighted by molar-refractivity contribution is -0.147. The molecule has 4 aliphatic carbocycles. The number of carbonyl (C=O) groups is 1. The quantitative estimate of drug-likeness (QED) is 0.783. The second kappa shape index (κ2) is 5.45. The first-order chi connectivity index (χ1) is 11.2. The van der Waals surface area contributed by atoms with Gasteiger partial charge in [-0.15, -0.1) is 0 Å². The molecule has 1 amide bonds. The van der Waals surface area contributed by atoms with E-state index in [9.17, 15) is 4.79 Å². The van der Waals surface area contributed by atoms with Gasteiger partial charge in [0.2, 0.25) is 0 Å². The van der Waals surface area contributed by atoms with Crippen LogP contribution in [-0.4, -0.2) is 60.1 Å². The first-order valence-corrected chi connectivity index (χ1v) is 9.87. The molecule has 128 valence electrons. The van der Waals surface area contributed by atoms with Crippen LogP contribution in [0.25, 0.3) is 0 Å². The molecule has 0 N–H and O–H groups in total. The van der Waals surface area contributed by atoms with Crippen molar-refractivity contribution in [2.75, 3.05) is 32.8 Å². The maximum absolute atomic E-state index is 12.5. The van der Waals surface area contributed by atoms with E-state index in [0.29, 0.717) is 5.54 Å². The van der Waals surface area contributed by atoms with E-state index in [2.05, 4.69) is 9.80 Å². The molecular weight excluding hydrogens is 288 g/mol. The number of carbonyl (C=O) groups excluding carboxylic acids is 1. The molecule has 6 rings (SSSR count). The van der Waals surface area contributed by atoms with Crippen molar-refractivity contribution in [2.24, 2.45) is 17.8 Å². The summed E-state index contributed by atoms with van der Waals surface area (Å²) in [6.45, 7) is 4.78. The van der Waals surface area contributed by atoms with Crippen molar-refractivity contribution in [1.29, 1.82) is 0 Å². The van der Waals surface area contributed by atoms with E-state index < -0.39 is 0 Å². The lowest BCUT2D eigenvalue weighted by Crippen LogP contribution is -2.64. The topological polar surface area (TPSA) is 32.8 Å². The minimum absolute atomic E-state index is 0.138. The SMILES string of the molecule is O=C([C@@H]1CCCO1)N1CCN(C23CC4CC(CC(C4)C2)C3)CC1. The third-order valence-electron chi connectivity index (χ3n) is 7.47. The van der Waals surface area contributed by atoms with Crippen LogP contribution in [0.4, 0.5) is 0 Å². The van der Waals surface area contributed by atoms with Gasteiger partial charge in [0.25, 0.3) is 5.91 Å². The average molecular weight is 318 g/mol. The molecule has 4 saturated carbocycles. The number of rotatable bonds is 2. The molecule has 4 bridgehead atoms. The Bertz CT molecular complexity index is 442. The molecule has 6 fully saturated rings. The fourth-order valence-corrected chi connectivity index (χ4v) is 6.83. The molecule has 23 heavy (non-hydrogen) atoms. The van der Waals surface area contributed by atoms with Crippen molar-refractivity contribution >= 4 is 5.91 Å². The Morgan fingerprint density at radius 1 is 0.913 bits per heavy atom. The molecule has 2 aliphatic heterocycles. The number of piperazine rings is 1. The van der Waals surface area contributed by atoms with Crippen molar-refractivity contribution in [3.63, 3.8) is 0 Å². The Kier molecular flexibility index (Phi) is 3.49. The summed E-state index contributed by atoms with van der Waals surface area (Å²) >= 11 is 0. The van der Waals surface area contributed by atoms with Crippen LogP contribution in [0, 0.1) is 17.8 Å². The smallest absolute Gasteiger partial charge is 0.251 e. The predicted molar refractivity (Wildman–Crippen MR) is 88.0 cm³/mol. The fraction of sp³-hybridized carbons (Fsp3) is 0.947. The third kappa shape index (κ3) is 2.44. The normalized spacial score (nSPS) is 46.5. The van der Waals surface area contributed by atoms with E-state index >= 15 is 0 Å². The van der Waals surface area contributed by atoms with Crippen molar-refractivity contribution in [2.45, 2.75) is 63.0 Å². The summed E-state index contributed by atoms with van der Waals surface area (Å²) in [5, 5.41) is 0. The predicted octanol–water partition coefficient (Wildman–Crippen LogP) is 2.28. The van der Waals surface area contributed by atoms with Crippen LogP contribution in [0.1, 0.15) is 51.4 Å². The number of hydrogen-bond acceptors (Lipinski definition) is 3. The average Bonchev–Trinajstić information content (AvgIpc) is 3.07. The Morgan fingerprint density at radius 2 is 1.52 bits per heavy atom. The van der Waals surface area contributed by atoms with E-state index in [1.54, 1.807) is 0 Å². The third-order valence-corrected chi connectivity index (χ3v) is 7.47. The molecule has 0 spiro atoms. The zero-order valence-electron chi connectivity index (χ0n) is 14.2. The summed E-state index contributed by atoms with van der Waals surface area (Å²) in [7, 11) is 0. The second-order valence-electron chi connectivity index (χ2n) is 8.96.